The lowest BCUT2D eigenvalue weighted by Crippen LogP contribution is -2.49. The van der Waals surface area contributed by atoms with Crippen molar-refractivity contribution in [1.82, 2.24) is 25.2 Å². The van der Waals surface area contributed by atoms with E-state index >= 15 is 0 Å². The van der Waals surface area contributed by atoms with Gasteiger partial charge in [-0.25, -0.2) is 4.68 Å². The van der Waals surface area contributed by atoms with E-state index in [9.17, 15) is 4.79 Å². The van der Waals surface area contributed by atoms with Gasteiger partial charge >= 0.3 is 0 Å². The van der Waals surface area contributed by atoms with Crippen LogP contribution in [0.15, 0.2) is 36.7 Å². The molecule has 25 heavy (non-hydrogen) atoms. The highest BCUT2D eigenvalue weighted by Gasteiger charge is 2.34. The molecule has 134 valence electrons. The van der Waals surface area contributed by atoms with E-state index in [1.807, 2.05) is 38.1 Å². The number of nitrogens with one attached hydrogen (secondary N) is 1. The van der Waals surface area contributed by atoms with Crippen LogP contribution in [0.4, 0.5) is 0 Å². The third kappa shape index (κ3) is 3.74. The second kappa shape index (κ2) is 7.35. The van der Waals surface area contributed by atoms with E-state index in [0.29, 0.717) is 12.1 Å². The van der Waals surface area contributed by atoms with Crippen molar-refractivity contribution in [2.75, 3.05) is 0 Å². The van der Waals surface area contributed by atoms with E-state index in [1.54, 1.807) is 17.1 Å². The lowest BCUT2D eigenvalue weighted by atomic mass is 10.1. The second-order valence-electron chi connectivity index (χ2n) is 7.07. The molecule has 4 atom stereocenters. The molecule has 2 aromatic rings. The Balaban J connectivity index is 1.63. The summed E-state index contributed by atoms with van der Waals surface area (Å²) in [6.45, 7) is 8.44. The summed E-state index contributed by atoms with van der Waals surface area (Å²) in [6.07, 6.45) is 5.79. The van der Waals surface area contributed by atoms with E-state index in [1.165, 1.54) is 0 Å². The first-order valence-electron chi connectivity index (χ1n) is 9.02. The van der Waals surface area contributed by atoms with Gasteiger partial charge in [-0.1, -0.05) is 17.3 Å². The summed E-state index contributed by atoms with van der Waals surface area (Å²) in [5.74, 6) is 0.0912. The Hall–Kier alpha value is -2.21. The average Bonchev–Trinajstić information content (AvgIpc) is 3.24. The number of aromatic nitrogens is 3. The second-order valence-corrected chi connectivity index (χ2v) is 7.07. The van der Waals surface area contributed by atoms with Crippen LogP contribution in [0.25, 0.3) is 5.69 Å². The molecule has 2 heterocycles. The van der Waals surface area contributed by atoms with Gasteiger partial charge in [-0.05, 0) is 58.2 Å². The predicted molar refractivity (Wildman–Crippen MR) is 97.4 cm³/mol. The molecule has 0 aliphatic carbocycles. The smallest absolute Gasteiger partial charge is 0.237 e. The maximum atomic E-state index is 12.7. The van der Waals surface area contributed by atoms with Gasteiger partial charge in [-0.15, -0.1) is 5.10 Å². The van der Waals surface area contributed by atoms with Crippen LogP contribution in [-0.4, -0.2) is 43.9 Å². The van der Waals surface area contributed by atoms with Gasteiger partial charge in [0.25, 0.3) is 0 Å². The molecule has 1 N–H and O–H groups in total. The highest BCUT2D eigenvalue weighted by molar-refractivity contribution is 5.81. The summed E-state index contributed by atoms with van der Waals surface area (Å²) in [4.78, 5) is 15.0. The number of amides is 1. The fraction of sp³-hybridized carbons (Fsp3) is 0.526. The van der Waals surface area contributed by atoms with E-state index in [0.717, 1.165) is 24.1 Å². The normalized spacial score (nSPS) is 23.4. The largest absolute Gasteiger partial charge is 0.348 e. The minimum absolute atomic E-state index is 0.0343. The molecule has 0 spiro atoms. The molecule has 1 saturated heterocycles. The molecular formula is C19H27N5O. The van der Waals surface area contributed by atoms with Crippen molar-refractivity contribution < 1.29 is 4.79 Å². The van der Waals surface area contributed by atoms with Crippen LogP contribution in [0.3, 0.4) is 0 Å². The minimum Gasteiger partial charge on any atom is -0.348 e. The highest BCUT2D eigenvalue weighted by Crippen LogP contribution is 2.26. The lowest BCUT2D eigenvalue weighted by Gasteiger charge is -2.32. The van der Waals surface area contributed by atoms with Crippen molar-refractivity contribution >= 4 is 5.91 Å². The summed E-state index contributed by atoms with van der Waals surface area (Å²) in [5, 5.41) is 11.0. The summed E-state index contributed by atoms with van der Waals surface area (Å²) in [6, 6.07) is 8.81. The van der Waals surface area contributed by atoms with Crippen molar-refractivity contribution in [2.24, 2.45) is 0 Å². The van der Waals surface area contributed by atoms with Crippen LogP contribution in [0.2, 0.25) is 0 Å². The Morgan fingerprint density at radius 1 is 1.16 bits per heavy atom. The Morgan fingerprint density at radius 2 is 1.80 bits per heavy atom. The molecular weight excluding hydrogens is 314 g/mol. The van der Waals surface area contributed by atoms with Crippen LogP contribution in [0, 0.1) is 0 Å². The summed E-state index contributed by atoms with van der Waals surface area (Å²) in [5.41, 5.74) is 2.03. The number of hydrogen-bond acceptors (Lipinski definition) is 4. The Kier molecular flexibility index (Phi) is 5.18. The number of benzene rings is 1. The quantitative estimate of drug-likeness (QED) is 0.908. The van der Waals surface area contributed by atoms with E-state index in [2.05, 4.69) is 34.4 Å². The summed E-state index contributed by atoms with van der Waals surface area (Å²) in [7, 11) is 0. The molecule has 1 aliphatic heterocycles. The van der Waals surface area contributed by atoms with Gasteiger partial charge in [0.1, 0.15) is 0 Å². The Labute approximate surface area is 149 Å². The molecule has 0 saturated carbocycles. The van der Waals surface area contributed by atoms with Gasteiger partial charge in [0.05, 0.1) is 30.2 Å². The van der Waals surface area contributed by atoms with Gasteiger partial charge < -0.3 is 5.32 Å². The van der Waals surface area contributed by atoms with Crippen LogP contribution in [0.5, 0.6) is 0 Å². The van der Waals surface area contributed by atoms with Crippen LogP contribution in [0.1, 0.15) is 52.1 Å². The Morgan fingerprint density at radius 3 is 2.36 bits per heavy atom. The fourth-order valence-electron chi connectivity index (χ4n) is 3.79. The highest BCUT2D eigenvalue weighted by atomic mass is 16.2. The molecule has 1 aliphatic rings. The minimum atomic E-state index is -0.107. The molecule has 1 fully saturated rings. The summed E-state index contributed by atoms with van der Waals surface area (Å²) < 4.78 is 1.71. The van der Waals surface area contributed by atoms with Crippen molar-refractivity contribution in [3.8, 4) is 5.69 Å². The molecule has 0 bridgehead atoms. The molecule has 1 aromatic carbocycles. The van der Waals surface area contributed by atoms with Crippen molar-refractivity contribution in [3.05, 3.63) is 42.2 Å². The fourth-order valence-corrected chi connectivity index (χ4v) is 3.79. The molecule has 3 rings (SSSR count). The van der Waals surface area contributed by atoms with E-state index in [-0.39, 0.29) is 18.0 Å². The Bertz CT molecular complexity index is 687. The number of hydrogen-bond donors (Lipinski definition) is 1. The number of carbonyl (C=O) groups excluding carboxylic acids is 1. The summed E-state index contributed by atoms with van der Waals surface area (Å²) >= 11 is 0. The van der Waals surface area contributed by atoms with Crippen LogP contribution in [-0.2, 0) is 4.79 Å². The first-order valence-corrected chi connectivity index (χ1v) is 9.02. The first kappa shape index (κ1) is 17.6. The molecule has 1 amide bonds. The molecule has 4 unspecified atom stereocenters. The standard InChI is InChI=1S/C19H27N5O/c1-13-5-6-14(2)24(13)16(4)19(25)21-15(3)17-7-9-18(10-8-17)23-12-11-20-22-23/h7-16H,5-6H2,1-4H3,(H,21,25). The van der Waals surface area contributed by atoms with Gasteiger partial charge in [0, 0.05) is 12.1 Å². The monoisotopic (exact) mass is 341 g/mol. The molecule has 0 radical (unpaired) electrons. The van der Waals surface area contributed by atoms with Gasteiger partial charge in [-0.2, -0.15) is 0 Å². The van der Waals surface area contributed by atoms with Gasteiger partial charge in [0.2, 0.25) is 5.91 Å². The first-order chi connectivity index (χ1) is 12.0. The lowest BCUT2D eigenvalue weighted by molar-refractivity contribution is -0.127. The zero-order chi connectivity index (χ0) is 18.0. The van der Waals surface area contributed by atoms with Crippen LogP contribution < -0.4 is 5.32 Å². The maximum Gasteiger partial charge on any atom is 0.237 e. The zero-order valence-corrected chi connectivity index (χ0v) is 15.4. The molecule has 6 heteroatoms. The van der Waals surface area contributed by atoms with Crippen molar-refractivity contribution in [1.29, 1.82) is 0 Å². The SMILES string of the molecule is CC(NC(=O)C(C)N1C(C)CCC1C)c1ccc(-n2ccnn2)cc1. The molecule has 6 nitrogen and oxygen atoms in total. The van der Waals surface area contributed by atoms with Crippen molar-refractivity contribution in [3.63, 3.8) is 0 Å². The number of carbonyl (C=O) groups is 1. The van der Waals surface area contributed by atoms with Crippen LogP contribution >= 0.6 is 0 Å². The van der Waals surface area contributed by atoms with Gasteiger partial charge in [-0.3, -0.25) is 9.69 Å². The third-order valence-corrected chi connectivity index (χ3v) is 5.29. The maximum absolute atomic E-state index is 12.7. The van der Waals surface area contributed by atoms with E-state index in [4.69, 9.17) is 0 Å². The zero-order valence-electron chi connectivity index (χ0n) is 15.4. The van der Waals surface area contributed by atoms with Gasteiger partial charge in [0.15, 0.2) is 0 Å². The van der Waals surface area contributed by atoms with E-state index < -0.39 is 0 Å². The topological polar surface area (TPSA) is 63.1 Å². The molecule has 1 aromatic heterocycles. The van der Waals surface area contributed by atoms with Crippen molar-refractivity contribution in [2.45, 2.75) is 64.7 Å². The number of rotatable bonds is 5. The average molecular weight is 341 g/mol. The number of likely N-dealkylation sites (tertiary alicyclic amines) is 1. The predicted octanol–water partition coefficient (Wildman–Crippen LogP) is 2.71. The third-order valence-electron chi connectivity index (χ3n) is 5.29. The number of nitrogens with zero attached hydrogens (tertiary/aromatic N) is 4.